The molecule has 0 N–H and O–H groups in total. The minimum Gasteiger partial charge on any atom is -0.310 e. The molecular weight excluding hydrogens is 631 g/mol. The Kier molecular flexibility index (Phi) is 3.99. The van der Waals surface area contributed by atoms with E-state index >= 15 is 0 Å². The van der Waals surface area contributed by atoms with Crippen LogP contribution in [0.2, 0.25) is 0 Å². The van der Waals surface area contributed by atoms with Gasteiger partial charge >= 0.3 is 0 Å². The van der Waals surface area contributed by atoms with Crippen LogP contribution in [0.1, 0.15) is 20.6 Å². The maximum absolute atomic E-state index is 9.59. The third kappa shape index (κ3) is 4.82. The van der Waals surface area contributed by atoms with Gasteiger partial charge in [0.25, 0.3) is 0 Å². The van der Waals surface area contributed by atoms with Crippen molar-refractivity contribution in [1.82, 2.24) is 0 Å². The summed E-state index contributed by atoms with van der Waals surface area (Å²) >= 11 is 3.15. The molecule has 0 aliphatic rings. The molecule has 8 aromatic carbocycles. The van der Waals surface area contributed by atoms with Crippen LogP contribution in [0, 0.1) is 0 Å². The minimum atomic E-state index is -0.789. The first kappa shape index (κ1) is 17.1. The Balaban J connectivity index is 1.24. The van der Waals surface area contributed by atoms with Crippen molar-refractivity contribution in [2.45, 2.75) is 0 Å². The van der Waals surface area contributed by atoms with Crippen LogP contribution in [0.25, 0.3) is 73.4 Å². The second kappa shape index (κ2) is 11.5. The van der Waals surface area contributed by atoms with Crippen LogP contribution < -0.4 is 4.90 Å². The first-order valence-electron chi connectivity index (χ1n) is 22.9. The van der Waals surface area contributed by atoms with Crippen molar-refractivity contribution >= 4 is 90.9 Å². The van der Waals surface area contributed by atoms with Gasteiger partial charge in [-0.3, -0.25) is 0 Å². The lowest BCUT2D eigenvalue weighted by Gasteiger charge is -2.26. The van der Waals surface area contributed by atoms with Gasteiger partial charge in [-0.2, -0.15) is 0 Å². The quantitative estimate of drug-likeness (QED) is 0.176. The van der Waals surface area contributed by atoms with E-state index in [1.165, 1.54) is 0 Å². The van der Waals surface area contributed by atoms with Gasteiger partial charge in [-0.1, -0.05) is 121 Å². The van der Waals surface area contributed by atoms with Gasteiger partial charge in [0.05, 0.1) is 20.6 Å². The van der Waals surface area contributed by atoms with Crippen molar-refractivity contribution < 1.29 is 20.6 Å². The lowest BCUT2D eigenvalue weighted by atomic mass is 9.95. The summed E-state index contributed by atoms with van der Waals surface area (Å²) < 4.78 is 138. The third-order valence-corrected chi connectivity index (χ3v) is 10.8. The Morgan fingerprint density at radius 1 is 0.408 bits per heavy atom. The normalized spacial score (nSPS) is 16.0. The fraction of sp³-hybridized carbons (Fsp3) is 0. The molecule has 49 heavy (non-hydrogen) atoms. The van der Waals surface area contributed by atoms with Crippen molar-refractivity contribution in [2.75, 3.05) is 4.90 Å². The van der Waals surface area contributed by atoms with Crippen molar-refractivity contribution in [3.05, 3.63) is 176 Å². The lowest BCUT2D eigenvalue weighted by Crippen LogP contribution is -2.09. The molecule has 230 valence electrons. The molecule has 1 nitrogen and oxygen atoms in total. The Morgan fingerprint density at radius 2 is 1.00 bits per heavy atom. The fourth-order valence-corrected chi connectivity index (χ4v) is 8.53. The summed E-state index contributed by atoms with van der Waals surface area (Å²) in [6, 6.07) is 16.9. The molecule has 0 bridgehead atoms. The Labute approximate surface area is 313 Å². The fourth-order valence-electron chi connectivity index (χ4n) is 6.25. The monoisotopic (exact) mass is 674 g/mol. The minimum absolute atomic E-state index is 0.124. The Morgan fingerprint density at radius 3 is 1.65 bits per heavy atom. The zero-order valence-corrected chi connectivity index (χ0v) is 27.0. The molecule has 2 heterocycles. The Bertz CT molecular complexity index is 3540. The highest BCUT2D eigenvalue weighted by atomic mass is 32.1. The van der Waals surface area contributed by atoms with Crippen molar-refractivity contribution in [2.24, 2.45) is 0 Å². The van der Waals surface area contributed by atoms with Crippen LogP contribution in [-0.2, 0) is 0 Å². The molecule has 0 amide bonds. The molecule has 0 aliphatic heterocycles. The summed E-state index contributed by atoms with van der Waals surface area (Å²) in [5, 5.41) is 3.18. The first-order valence-corrected chi connectivity index (χ1v) is 17.0. The van der Waals surface area contributed by atoms with Crippen molar-refractivity contribution in [3.8, 4) is 22.3 Å². The second-order valence-corrected chi connectivity index (χ2v) is 13.5. The second-order valence-electron chi connectivity index (χ2n) is 11.4. The highest BCUT2D eigenvalue weighted by molar-refractivity contribution is 7.26. The number of hydrogen-bond donors (Lipinski definition) is 0. The van der Waals surface area contributed by atoms with E-state index in [9.17, 15) is 9.60 Å². The van der Waals surface area contributed by atoms with E-state index in [1.807, 2.05) is 84.9 Å². The molecule has 0 aliphatic carbocycles. The van der Waals surface area contributed by atoms with Crippen LogP contribution in [0.4, 0.5) is 17.1 Å². The molecule has 10 aromatic rings. The number of rotatable bonds is 5. The number of anilines is 3. The predicted molar refractivity (Wildman–Crippen MR) is 215 cm³/mol. The molecule has 0 saturated carbocycles. The third-order valence-electron chi connectivity index (χ3n) is 8.51. The predicted octanol–water partition coefficient (Wildman–Crippen LogP) is 14.4. The SMILES string of the molecule is [2H]c1c([2H])c([2H])c(-c2c([2H])c([2H])c([2H])c3c([2H])c(-c4c([2H])c([2H])c(N(c5ccc6c(c5)sc5ccccc56)c5ccc6c(c5)sc5ccccc56)c([2H])c4[2H])c([2H])c([2H])c23)c([2H])c1[2H]. The van der Waals surface area contributed by atoms with Crippen LogP contribution in [0.3, 0.4) is 0 Å². The molecule has 0 saturated heterocycles. The number of hydrogen-bond acceptors (Lipinski definition) is 3. The highest BCUT2D eigenvalue weighted by Crippen LogP contribution is 2.43. The highest BCUT2D eigenvalue weighted by Gasteiger charge is 2.17. The van der Waals surface area contributed by atoms with E-state index in [-0.39, 0.29) is 5.69 Å². The molecule has 0 atom stereocenters. The molecule has 0 radical (unpaired) electrons. The van der Waals surface area contributed by atoms with Gasteiger partial charge in [-0.15, -0.1) is 22.7 Å². The topological polar surface area (TPSA) is 3.24 Å². The standard InChI is InChI=1S/C46H29NS2/c1-2-9-31(10-3-1)37-14-8-11-33-27-32(19-24-38(33)37)30-17-20-34(21-18-30)47(35-22-25-41-39-12-4-6-15-43(39)48-45(41)28-35)36-23-26-42-40-13-5-7-16-44(40)49-46(42)29-36/h1-29H/i1D,2D,3D,8D,9D,10D,11D,14D,17D,18D,19D,20D,21D,24D,27D. The van der Waals surface area contributed by atoms with Crippen molar-refractivity contribution in [3.63, 3.8) is 0 Å². The zero-order valence-electron chi connectivity index (χ0n) is 40.3. The van der Waals surface area contributed by atoms with Gasteiger partial charge in [0.2, 0.25) is 0 Å². The van der Waals surface area contributed by atoms with Gasteiger partial charge in [0.15, 0.2) is 0 Å². The molecule has 0 spiro atoms. The molecular formula is C46H29NS2. The summed E-state index contributed by atoms with van der Waals surface area (Å²) in [5.74, 6) is 0. The lowest BCUT2D eigenvalue weighted by molar-refractivity contribution is 1.30. The van der Waals surface area contributed by atoms with E-state index in [1.54, 1.807) is 27.6 Å². The van der Waals surface area contributed by atoms with Crippen LogP contribution in [0.5, 0.6) is 0 Å². The number of benzene rings is 8. The maximum atomic E-state index is 9.59. The van der Waals surface area contributed by atoms with Crippen LogP contribution in [0.15, 0.2) is 176 Å². The Hall–Kier alpha value is -5.74. The van der Waals surface area contributed by atoms with E-state index in [0.717, 1.165) is 40.3 Å². The molecule has 0 unspecified atom stereocenters. The maximum Gasteiger partial charge on any atom is 0.0645 e. The van der Waals surface area contributed by atoms with E-state index < -0.39 is 124 Å². The summed E-state index contributed by atoms with van der Waals surface area (Å²) in [5.41, 5.74) is -1.14. The summed E-state index contributed by atoms with van der Waals surface area (Å²) in [4.78, 5) is 1.66. The zero-order chi connectivity index (χ0) is 45.4. The average Bonchev–Trinajstić information content (AvgIpc) is 3.86. The van der Waals surface area contributed by atoms with E-state index in [0.29, 0.717) is 11.4 Å². The average molecular weight is 675 g/mol. The molecule has 0 fully saturated rings. The van der Waals surface area contributed by atoms with Crippen molar-refractivity contribution in [1.29, 1.82) is 0 Å². The smallest absolute Gasteiger partial charge is 0.0645 e. The summed E-state index contributed by atoms with van der Waals surface area (Å²) in [7, 11) is 0. The van der Waals surface area contributed by atoms with Gasteiger partial charge < -0.3 is 4.90 Å². The van der Waals surface area contributed by atoms with Gasteiger partial charge in [0, 0.05) is 57.4 Å². The largest absolute Gasteiger partial charge is 0.310 e. The van der Waals surface area contributed by atoms with Crippen LogP contribution >= 0.6 is 22.7 Å². The van der Waals surface area contributed by atoms with Crippen LogP contribution in [-0.4, -0.2) is 0 Å². The molecule has 10 rings (SSSR count). The summed E-state index contributed by atoms with van der Waals surface area (Å²) in [6.07, 6.45) is 0. The first-order chi connectivity index (χ1) is 30.5. The summed E-state index contributed by atoms with van der Waals surface area (Å²) in [6.45, 7) is 0. The number of fused-ring (bicyclic) bond motifs is 7. The van der Waals surface area contributed by atoms with Gasteiger partial charge in [0.1, 0.15) is 0 Å². The number of thiophene rings is 2. The van der Waals surface area contributed by atoms with Gasteiger partial charge in [-0.25, -0.2) is 0 Å². The molecule has 2 aromatic heterocycles. The number of nitrogens with zero attached hydrogens (tertiary/aromatic N) is 1. The van der Waals surface area contributed by atoms with E-state index in [2.05, 4.69) is 0 Å². The van der Waals surface area contributed by atoms with E-state index in [4.69, 9.17) is 11.0 Å². The van der Waals surface area contributed by atoms with Gasteiger partial charge in [-0.05, 0) is 87.6 Å². The molecule has 3 heteroatoms.